The second-order valence-corrected chi connectivity index (χ2v) is 11.2. The minimum atomic E-state index is -1.51. The molecule has 1 amide bonds. The number of hydrogen-bond donors (Lipinski definition) is 3. The molecule has 1 aliphatic rings. The van der Waals surface area contributed by atoms with Crippen LogP contribution in [0.25, 0.3) is 11.1 Å². The molecule has 0 radical (unpaired) electrons. The summed E-state index contributed by atoms with van der Waals surface area (Å²) in [4.78, 5) is 27.5. The van der Waals surface area contributed by atoms with Crippen LogP contribution in [0.2, 0.25) is 0 Å². The fourth-order valence-electron chi connectivity index (χ4n) is 4.90. The summed E-state index contributed by atoms with van der Waals surface area (Å²) >= 11 is 0. The largest absolute Gasteiger partial charge is 0.489 e. The Bertz CT molecular complexity index is 1770. The molecule has 4 N–H and O–H groups in total. The molecule has 238 valence electrons. The van der Waals surface area contributed by atoms with Crippen LogP contribution in [0.4, 0.5) is 0 Å². The first kappa shape index (κ1) is 32.1. The number of fused-ring (bicyclic) bond motifs is 1. The van der Waals surface area contributed by atoms with Crippen LogP contribution in [0.1, 0.15) is 39.5 Å². The SMILES string of the molecule is Cc1c(COc2ccc(CN=C[C@](C)(CO)C(=O)O)c(OCc3cccc(C(N)=O)c3)c2)cccc1-c1ccc2c(c1)OCCO2. The summed E-state index contributed by atoms with van der Waals surface area (Å²) in [7, 11) is 0. The highest BCUT2D eigenvalue weighted by molar-refractivity contribution is 5.94. The number of aliphatic carboxylic acids is 1. The molecular weight excluding hydrogens is 588 g/mol. The Morgan fingerprint density at radius 3 is 2.48 bits per heavy atom. The van der Waals surface area contributed by atoms with Crippen molar-refractivity contribution < 1.29 is 38.7 Å². The zero-order valence-electron chi connectivity index (χ0n) is 25.7. The summed E-state index contributed by atoms with van der Waals surface area (Å²) in [5, 5.41) is 19.0. The number of hydrogen-bond acceptors (Lipinski definition) is 8. The molecule has 1 aliphatic heterocycles. The highest BCUT2D eigenvalue weighted by Crippen LogP contribution is 2.36. The molecule has 0 fully saturated rings. The number of carbonyl (C=O) groups is 2. The van der Waals surface area contributed by atoms with Crippen molar-refractivity contribution in [1.82, 2.24) is 0 Å². The Hall–Kier alpha value is -5.35. The van der Waals surface area contributed by atoms with Gasteiger partial charge in [-0.3, -0.25) is 14.6 Å². The molecule has 0 aliphatic carbocycles. The van der Waals surface area contributed by atoms with Crippen LogP contribution in [0, 0.1) is 12.3 Å². The molecule has 0 saturated carbocycles. The van der Waals surface area contributed by atoms with E-state index in [4.69, 9.17) is 24.7 Å². The minimum Gasteiger partial charge on any atom is -0.489 e. The van der Waals surface area contributed by atoms with Gasteiger partial charge in [-0.25, -0.2) is 0 Å². The molecule has 0 unspecified atom stereocenters. The number of carboxylic acids is 1. The van der Waals surface area contributed by atoms with Gasteiger partial charge in [-0.05, 0) is 78.1 Å². The maximum atomic E-state index is 11.6. The van der Waals surface area contributed by atoms with E-state index < -0.39 is 23.9 Å². The van der Waals surface area contributed by atoms with E-state index in [0.29, 0.717) is 42.4 Å². The number of carboxylic acid groups (broad SMARTS) is 1. The van der Waals surface area contributed by atoms with E-state index in [2.05, 4.69) is 18.0 Å². The van der Waals surface area contributed by atoms with Gasteiger partial charge < -0.3 is 34.9 Å². The number of rotatable bonds is 13. The summed E-state index contributed by atoms with van der Waals surface area (Å²) < 4.78 is 23.8. The number of aliphatic hydroxyl groups excluding tert-OH is 1. The average molecular weight is 625 g/mol. The summed E-state index contributed by atoms with van der Waals surface area (Å²) in [6, 6.07) is 24.2. The van der Waals surface area contributed by atoms with Gasteiger partial charge in [0.05, 0.1) is 13.2 Å². The van der Waals surface area contributed by atoms with Crippen molar-refractivity contribution in [3.63, 3.8) is 0 Å². The molecule has 46 heavy (non-hydrogen) atoms. The van der Waals surface area contributed by atoms with Crippen molar-refractivity contribution in [3.05, 3.63) is 107 Å². The topological polar surface area (TPSA) is 150 Å². The number of benzene rings is 4. The highest BCUT2D eigenvalue weighted by Gasteiger charge is 2.30. The van der Waals surface area contributed by atoms with Gasteiger partial charge in [0.15, 0.2) is 11.5 Å². The van der Waals surface area contributed by atoms with Crippen molar-refractivity contribution in [2.24, 2.45) is 16.1 Å². The lowest BCUT2D eigenvalue weighted by molar-refractivity contribution is -0.145. The van der Waals surface area contributed by atoms with E-state index >= 15 is 0 Å². The first-order valence-corrected chi connectivity index (χ1v) is 14.8. The monoisotopic (exact) mass is 624 g/mol. The van der Waals surface area contributed by atoms with E-state index in [9.17, 15) is 19.8 Å². The Morgan fingerprint density at radius 2 is 1.72 bits per heavy atom. The van der Waals surface area contributed by atoms with Gasteiger partial charge in [-0.2, -0.15) is 0 Å². The van der Waals surface area contributed by atoms with Gasteiger partial charge in [-0.1, -0.05) is 36.4 Å². The van der Waals surface area contributed by atoms with Crippen molar-refractivity contribution in [2.45, 2.75) is 33.6 Å². The summed E-state index contributed by atoms with van der Waals surface area (Å²) in [6.45, 7) is 4.46. The normalized spacial score (nSPS) is 13.6. The minimum absolute atomic E-state index is 0.108. The Morgan fingerprint density at radius 1 is 0.935 bits per heavy atom. The lowest BCUT2D eigenvalue weighted by atomic mass is 9.94. The lowest BCUT2D eigenvalue weighted by Crippen LogP contribution is -2.33. The van der Waals surface area contributed by atoms with Crippen molar-refractivity contribution in [3.8, 4) is 34.1 Å². The number of ether oxygens (including phenoxy) is 4. The Kier molecular flexibility index (Phi) is 9.88. The molecule has 0 saturated heterocycles. The quantitative estimate of drug-likeness (QED) is 0.169. The van der Waals surface area contributed by atoms with Crippen LogP contribution >= 0.6 is 0 Å². The smallest absolute Gasteiger partial charge is 0.317 e. The van der Waals surface area contributed by atoms with Crippen LogP contribution in [0.3, 0.4) is 0 Å². The second kappa shape index (κ2) is 14.2. The molecule has 10 nitrogen and oxygen atoms in total. The fraction of sp³-hybridized carbons (Fsp3) is 0.250. The van der Waals surface area contributed by atoms with Crippen molar-refractivity contribution >= 4 is 18.1 Å². The molecular formula is C36H36N2O8. The molecule has 4 aromatic carbocycles. The van der Waals surface area contributed by atoms with E-state index in [1.807, 2.05) is 36.4 Å². The molecule has 5 rings (SSSR count). The first-order valence-electron chi connectivity index (χ1n) is 14.8. The third-order valence-electron chi connectivity index (χ3n) is 7.79. The van der Waals surface area contributed by atoms with Crippen LogP contribution < -0.4 is 24.7 Å². The van der Waals surface area contributed by atoms with Gasteiger partial charge in [-0.15, -0.1) is 0 Å². The fourth-order valence-corrected chi connectivity index (χ4v) is 4.90. The maximum Gasteiger partial charge on any atom is 0.317 e. The number of aliphatic imine (C=N–C) groups is 1. The predicted octanol–water partition coefficient (Wildman–Crippen LogP) is 5.34. The summed E-state index contributed by atoms with van der Waals surface area (Å²) in [5.41, 5.74) is 9.87. The number of amides is 1. The standard InChI is InChI=1S/C36H36N2O8/c1-23-28(7-4-8-30(23)25-10-12-31-33(16-25)44-14-13-43-31)20-45-29-11-9-27(18-38-21-36(2,22-39)35(41)42)32(17-29)46-19-24-5-3-6-26(15-24)34(37)40/h3-12,15-17,21,39H,13-14,18-20,22H2,1-2H3,(H2,37,40)(H,41,42)/t36-/m1/s1. The highest BCUT2D eigenvalue weighted by atomic mass is 16.6. The van der Waals surface area contributed by atoms with Gasteiger partial charge in [0, 0.05) is 23.4 Å². The summed E-state index contributed by atoms with van der Waals surface area (Å²) in [6.07, 6.45) is 1.23. The Balaban J connectivity index is 1.36. The van der Waals surface area contributed by atoms with Crippen molar-refractivity contribution in [1.29, 1.82) is 0 Å². The maximum absolute atomic E-state index is 11.6. The van der Waals surface area contributed by atoms with E-state index in [1.54, 1.807) is 36.4 Å². The number of aliphatic hydroxyl groups is 1. The second-order valence-electron chi connectivity index (χ2n) is 11.2. The zero-order valence-corrected chi connectivity index (χ0v) is 25.7. The number of nitrogens with two attached hydrogens (primary N) is 1. The van der Waals surface area contributed by atoms with Crippen molar-refractivity contribution in [2.75, 3.05) is 19.8 Å². The number of nitrogens with zero attached hydrogens (tertiary/aromatic N) is 1. The summed E-state index contributed by atoms with van der Waals surface area (Å²) in [5.74, 6) is 0.786. The van der Waals surface area contributed by atoms with Gasteiger partial charge in [0.2, 0.25) is 5.91 Å². The molecule has 0 bridgehead atoms. The first-order chi connectivity index (χ1) is 22.2. The van der Waals surface area contributed by atoms with Crippen LogP contribution in [0.15, 0.2) is 83.9 Å². The third-order valence-corrected chi connectivity index (χ3v) is 7.79. The number of primary amides is 1. The molecule has 0 aromatic heterocycles. The van der Waals surface area contributed by atoms with Crippen LogP contribution in [-0.2, 0) is 24.6 Å². The molecule has 1 atom stereocenters. The third kappa shape index (κ3) is 7.47. The van der Waals surface area contributed by atoms with E-state index in [0.717, 1.165) is 39.3 Å². The zero-order chi connectivity index (χ0) is 32.7. The van der Waals surface area contributed by atoms with Gasteiger partial charge >= 0.3 is 5.97 Å². The Labute approximate surface area is 267 Å². The molecule has 0 spiro atoms. The van der Waals surface area contributed by atoms with E-state index in [-0.39, 0.29) is 13.2 Å². The predicted molar refractivity (Wildman–Crippen MR) is 173 cm³/mol. The van der Waals surface area contributed by atoms with Crippen LogP contribution in [-0.4, -0.2) is 48.1 Å². The number of carbonyl (C=O) groups excluding carboxylic acids is 1. The van der Waals surface area contributed by atoms with Gasteiger partial charge in [0.1, 0.15) is 43.3 Å². The molecule has 1 heterocycles. The molecule has 4 aromatic rings. The van der Waals surface area contributed by atoms with Crippen LogP contribution in [0.5, 0.6) is 23.0 Å². The van der Waals surface area contributed by atoms with Gasteiger partial charge in [0.25, 0.3) is 0 Å². The average Bonchev–Trinajstić information content (AvgIpc) is 3.07. The van der Waals surface area contributed by atoms with E-state index in [1.165, 1.54) is 13.1 Å². The molecule has 10 heteroatoms. The lowest BCUT2D eigenvalue weighted by Gasteiger charge is -2.20.